The van der Waals surface area contributed by atoms with E-state index in [-0.39, 0.29) is 11.6 Å². The molecule has 0 bridgehead atoms. The smallest absolute Gasteiger partial charge is 0.254 e. The Morgan fingerprint density at radius 3 is 2.12 bits per heavy atom. The van der Waals surface area contributed by atoms with Crippen molar-refractivity contribution >= 4 is 5.91 Å². The molecule has 2 aliphatic heterocycles. The summed E-state index contributed by atoms with van der Waals surface area (Å²) >= 11 is 0. The first kappa shape index (κ1) is 18.2. The second-order valence-corrected chi connectivity index (χ2v) is 8.18. The highest BCUT2D eigenvalue weighted by molar-refractivity contribution is 5.88. The Morgan fingerprint density at radius 1 is 0.958 bits per heavy atom. The maximum Gasteiger partial charge on any atom is 0.254 e. The van der Waals surface area contributed by atoms with E-state index in [1.54, 1.807) is 0 Å². The lowest BCUT2D eigenvalue weighted by atomic mass is 9.79. The van der Waals surface area contributed by atoms with Crippen LogP contribution in [-0.4, -0.2) is 30.3 Å². The Morgan fingerprint density at radius 2 is 1.54 bits per heavy atom. The van der Waals surface area contributed by atoms with E-state index < -0.39 is 5.60 Å². The number of hydrogen-bond donors (Lipinski definition) is 2. The molecule has 3 rings (SSSR count). The lowest BCUT2D eigenvalue weighted by Gasteiger charge is -2.40. The van der Waals surface area contributed by atoms with Crippen molar-refractivity contribution in [1.29, 1.82) is 0 Å². The second kappa shape index (κ2) is 8.18. The van der Waals surface area contributed by atoms with Gasteiger partial charge in [-0.2, -0.15) is 0 Å². The maximum absolute atomic E-state index is 13.0. The molecule has 1 saturated carbocycles. The van der Waals surface area contributed by atoms with Gasteiger partial charge in [0.05, 0.1) is 0 Å². The van der Waals surface area contributed by atoms with Crippen molar-refractivity contribution in [2.75, 3.05) is 13.1 Å². The van der Waals surface area contributed by atoms with Gasteiger partial charge in [-0.1, -0.05) is 51.9 Å². The molecule has 138 valence electrons. The molecule has 2 atom stereocenters. The molecule has 0 aromatic rings. The van der Waals surface area contributed by atoms with Crippen molar-refractivity contribution in [2.45, 2.75) is 102 Å². The minimum absolute atomic E-state index is 0.169. The molecular formula is C20H36N2O2. The van der Waals surface area contributed by atoms with Crippen molar-refractivity contribution in [2.24, 2.45) is 5.92 Å². The fourth-order valence-electron chi connectivity index (χ4n) is 4.97. The summed E-state index contributed by atoms with van der Waals surface area (Å²) in [5.41, 5.74) is -0.960. The number of nitrogens with one attached hydrogen (secondary N) is 2. The molecule has 0 radical (unpaired) electrons. The van der Waals surface area contributed by atoms with E-state index >= 15 is 0 Å². The average Bonchev–Trinajstić information content (AvgIpc) is 2.84. The number of hydrogen-bond acceptors (Lipinski definition) is 3. The molecule has 4 nitrogen and oxygen atoms in total. The van der Waals surface area contributed by atoms with Crippen LogP contribution in [0.4, 0.5) is 0 Å². The Hall–Kier alpha value is -0.610. The van der Waals surface area contributed by atoms with Crippen molar-refractivity contribution < 1.29 is 9.53 Å². The lowest BCUT2D eigenvalue weighted by Crippen LogP contribution is -2.55. The minimum atomic E-state index is -0.572. The van der Waals surface area contributed by atoms with Gasteiger partial charge in [-0.25, -0.2) is 0 Å². The summed E-state index contributed by atoms with van der Waals surface area (Å²) in [6, 6.07) is 0. The molecule has 2 spiro atoms. The van der Waals surface area contributed by atoms with Gasteiger partial charge in [-0.3, -0.25) is 4.79 Å². The Balaban J connectivity index is 1.73. The van der Waals surface area contributed by atoms with Crippen LogP contribution in [0, 0.1) is 5.92 Å². The number of carbonyl (C=O) groups excluding carboxylic acids is 1. The Labute approximate surface area is 147 Å². The van der Waals surface area contributed by atoms with Crippen molar-refractivity contribution in [1.82, 2.24) is 10.6 Å². The largest absolute Gasteiger partial charge is 0.339 e. The zero-order valence-electron chi connectivity index (χ0n) is 15.5. The molecule has 2 unspecified atom stereocenters. The van der Waals surface area contributed by atoms with E-state index in [9.17, 15) is 4.79 Å². The lowest BCUT2D eigenvalue weighted by molar-refractivity contribution is -0.164. The van der Waals surface area contributed by atoms with Gasteiger partial charge in [0.25, 0.3) is 5.91 Å². The normalized spacial score (nSPS) is 35.4. The molecule has 3 fully saturated rings. The van der Waals surface area contributed by atoms with Crippen LogP contribution in [0.5, 0.6) is 0 Å². The van der Waals surface area contributed by atoms with E-state index in [2.05, 4.69) is 17.6 Å². The molecular weight excluding hydrogens is 300 g/mol. The van der Waals surface area contributed by atoms with Crippen LogP contribution in [-0.2, 0) is 9.53 Å². The quantitative estimate of drug-likeness (QED) is 0.764. The van der Waals surface area contributed by atoms with Gasteiger partial charge in [0.2, 0.25) is 0 Å². The molecule has 4 heteroatoms. The first-order valence-electron chi connectivity index (χ1n) is 10.4. The standard InChI is InChI=1S/C20H36N2O2/c1-2-17-16-21-15-14-20(17)18(23)22-19(24-20)12-10-8-6-4-3-5-7-9-11-13-19/h17,21H,2-16H2,1H3,(H,22,23). The van der Waals surface area contributed by atoms with Crippen LogP contribution in [0.15, 0.2) is 0 Å². The van der Waals surface area contributed by atoms with Crippen LogP contribution < -0.4 is 10.6 Å². The molecule has 2 heterocycles. The molecule has 3 aliphatic rings. The first-order chi connectivity index (χ1) is 11.7. The molecule has 24 heavy (non-hydrogen) atoms. The van der Waals surface area contributed by atoms with E-state index in [1.165, 1.54) is 57.8 Å². The topological polar surface area (TPSA) is 50.4 Å². The fourth-order valence-corrected chi connectivity index (χ4v) is 4.97. The predicted octanol–water partition coefficient (Wildman–Crippen LogP) is 3.89. The number of carbonyl (C=O) groups is 1. The molecule has 1 amide bonds. The van der Waals surface area contributed by atoms with E-state index in [1.807, 2.05) is 0 Å². The highest BCUT2D eigenvalue weighted by atomic mass is 16.6. The van der Waals surface area contributed by atoms with Crippen LogP contribution in [0.2, 0.25) is 0 Å². The SMILES string of the molecule is CCC1CNCCC12OC1(CCCCCCCCCCC1)NC2=O. The van der Waals surface area contributed by atoms with Crippen LogP contribution >= 0.6 is 0 Å². The summed E-state index contributed by atoms with van der Waals surface area (Å²) < 4.78 is 6.74. The molecule has 2 saturated heterocycles. The molecule has 1 aliphatic carbocycles. The minimum Gasteiger partial charge on any atom is -0.339 e. The number of ether oxygens (including phenoxy) is 1. The zero-order chi connectivity index (χ0) is 16.9. The highest BCUT2D eigenvalue weighted by Gasteiger charge is 2.58. The third-order valence-electron chi connectivity index (χ3n) is 6.48. The van der Waals surface area contributed by atoms with Gasteiger partial charge in [-0.05, 0) is 45.1 Å². The zero-order valence-corrected chi connectivity index (χ0v) is 15.5. The molecule has 2 N–H and O–H groups in total. The summed E-state index contributed by atoms with van der Waals surface area (Å²) in [4.78, 5) is 13.0. The third-order valence-corrected chi connectivity index (χ3v) is 6.48. The molecule has 0 aromatic heterocycles. The van der Waals surface area contributed by atoms with Gasteiger partial charge >= 0.3 is 0 Å². The van der Waals surface area contributed by atoms with Crippen LogP contribution in [0.3, 0.4) is 0 Å². The third kappa shape index (κ3) is 3.80. The number of rotatable bonds is 1. The van der Waals surface area contributed by atoms with E-state index in [0.29, 0.717) is 5.92 Å². The van der Waals surface area contributed by atoms with E-state index in [4.69, 9.17) is 4.74 Å². The van der Waals surface area contributed by atoms with Crippen molar-refractivity contribution in [3.8, 4) is 0 Å². The summed E-state index contributed by atoms with van der Waals surface area (Å²) in [5.74, 6) is 0.468. The highest BCUT2D eigenvalue weighted by Crippen LogP contribution is 2.43. The number of piperidine rings is 1. The van der Waals surface area contributed by atoms with Gasteiger partial charge in [0.15, 0.2) is 5.60 Å². The summed E-state index contributed by atoms with van der Waals surface area (Å²) in [6.07, 6.45) is 15.5. The Bertz CT molecular complexity index is 414. The second-order valence-electron chi connectivity index (χ2n) is 8.18. The van der Waals surface area contributed by atoms with Gasteiger partial charge in [0.1, 0.15) is 5.72 Å². The van der Waals surface area contributed by atoms with Crippen molar-refractivity contribution in [3.63, 3.8) is 0 Å². The monoisotopic (exact) mass is 336 g/mol. The number of amides is 1. The fraction of sp³-hybridized carbons (Fsp3) is 0.950. The molecule has 0 aromatic carbocycles. The predicted molar refractivity (Wildman–Crippen MR) is 96.7 cm³/mol. The van der Waals surface area contributed by atoms with Gasteiger partial charge in [-0.15, -0.1) is 0 Å². The Kier molecular flexibility index (Phi) is 6.20. The first-order valence-corrected chi connectivity index (χ1v) is 10.4. The summed E-state index contributed by atoms with van der Waals surface area (Å²) in [7, 11) is 0. The van der Waals surface area contributed by atoms with Crippen LogP contribution in [0.1, 0.15) is 90.4 Å². The van der Waals surface area contributed by atoms with Crippen LogP contribution in [0.25, 0.3) is 0 Å². The van der Waals surface area contributed by atoms with Crippen molar-refractivity contribution in [3.05, 3.63) is 0 Å². The average molecular weight is 337 g/mol. The van der Waals surface area contributed by atoms with Gasteiger partial charge in [0, 0.05) is 12.5 Å². The van der Waals surface area contributed by atoms with Gasteiger partial charge < -0.3 is 15.4 Å². The van der Waals surface area contributed by atoms with E-state index in [0.717, 1.165) is 38.8 Å². The maximum atomic E-state index is 13.0. The summed E-state index contributed by atoms with van der Waals surface area (Å²) in [5, 5.41) is 6.80. The summed E-state index contributed by atoms with van der Waals surface area (Å²) in [6.45, 7) is 3.97.